The fourth-order valence-corrected chi connectivity index (χ4v) is 2.36. The number of rotatable bonds is 5. The van der Waals surface area contributed by atoms with Crippen molar-refractivity contribution in [3.05, 3.63) is 76.1 Å². The van der Waals surface area contributed by atoms with Crippen LogP contribution in [0.15, 0.2) is 48.5 Å². The van der Waals surface area contributed by atoms with Crippen molar-refractivity contribution in [3.63, 3.8) is 0 Å². The van der Waals surface area contributed by atoms with Crippen LogP contribution >= 0.6 is 11.6 Å². The maximum atomic E-state index is 13.1. The summed E-state index contributed by atoms with van der Waals surface area (Å²) in [6, 6.07) is 11.3. The van der Waals surface area contributed by atoms with Gasteiger partial charge in [0, 0.05) is 32.3 Å². The number of nitrogens with zero attached hydrogens (tertiary/aromatic N) is 1. The minimum Gasteiger partial charge on any atom is -0.355 e. The van der Waals surface area contributed by atoms with Gasteiger partial charge in [-0.25, -0.2) is 4.39 Å². The average Bonchev–Trinajstić information content (AvgIpc) is 2.62. The summed E-state index contributed by atoms with van der Waals surface area (Å²) in [6.45, 7) is 0.404. The van der Waals surface area contributed by atoms with Crippen LogP contribution in [0.4, 0.5) is 4.39 Å². The molecule has 2 amide bonds. The number of likely N-dealkylation sites (N-methyl/N-ethyl adjacent to an activating group) is 1. The van der Waals surface area contributed by atoms with Gasteiger partial charge in [-0.15, -0.1) is 0 Å². The topological polar surface area (TPSA) is 49.4 Å². The highest BCUT2D eigenvalue weighted by molar-refractivity contribution is 6.30. The first-order chi connectivity index (χ1) is 11.9. The first-order valence-corrected chi connectivity index (χ1v) is 7.97. The van der Waals surface area contributed by atoms with Crippen LogP contribution < -0.4 is 5.32 Å². The smallest absolute Gasteiger partial charge is 0.251 e. The summed E-state index contributed by atoms with van der Waals surface area (Å²) in [7, 11) is 3.25. The van der Waals surface area contributed by atoms with E-state index in [0.29, 0.717) is 17.7 Å². The van der Waals surface area contributed by atoms with Gasteiger partial charge >= 0.3 is 0 Å². The van der Waals surface area contributed by atoms with Gasteiger partial charge in [-0.1, -0.05) is 29.8 Å². The van der Waals surface area contributed by atoms with Gasteiger partial charge in [-0.3, -0.25) is 9.59 Å². The van der Waals surface area contributed by atoms with E-state index in [1.54, 1.807) is 50.5 Å². The summed E-state index contributed by atoms with van der Waals surface area (Å²) in [5.74, 6) is -0.852. The largest absolute Gasteiger partial charge is 0.355 e. The van der Waals surface area contributed by atoms with Crippen LogP contribution in [-0.2, 0) is 11.3 Å². The first kappa shape index (κ1) is 18.7. The zero-order chi connectivity index (χ0) is 18.4. The fourth-order valence-electron chi connectivity index (χ4n) is 2.17. The number of carbonyl (C=O) groups is 2. The molecular formula is C19H18ClFN2O2. The van der Waals surface area contributed by atoms with Gasteiger partial charge in [-0.2, -0.15) is 0 Å². The van der Waals surface area contributed by atoms with Crippen molar-refractivity contribution in [1.82, 2.24) is 10.2 Å². The van der Waals surface area contributed by atoms with Gasteiger partial charge in [0.1, 0.15) is 5.82 Å². The second-order valence-corrected chi connectivity index (χ2v) is 5.88. The van der Waals surface area contributed by atoms with Crippen molar-refractivity contribution in [2.24, 2.45) is 0 Å². The van der Waals surface area contributed by atoms with Gasteiger partial charge in [0.2, 0.25) is 5.91 Å². The van der Waals surface area contributed by atoms with Gasteiger partial charge in [0.05, 0.1) is 5.02 Å². The summed E-state index contributed by atoms with van der Waals surface area (Å²) in [5.41, 5.74) is 2.11. The Labute approximate surface area is 150 Å². The summed E-state index contributed by atoms with van der Waals surface area (Å²) < 4.78 is 13.1. The lowest BCUT2D eigenvalue weighted by molar-refractivity contribution is -0.125. The van der Waals surface area contributed by atoms with Crippen molar-refractivity contribution in [1.29, 1.82) is 0 Å². The number of hydrogen-bond acceptors (Lipinski definition) is 2. The molecule has 2 rings (SSSR count). The highest BCUT2D eigenvalue weighted by Gasteiger charge is 2.08. The molecular weight excluding hydrogens is 343 g/mol. The van der Waals surface area contributed by atoms with Crippen molar-refractivity contribution < 1.29 is 14.0 Å². The molecule has 2 aromatic carbocycles. The highest BCUT2D eigenvalue weighted by Crippen LogP contribution is 2.17. The molecule has 0 radical (unpaired) electrons. The zero-order valence-corrected chi connectivity index (χ0v) is 14.7. The Morgan fingerprint density at radius 1 is 1.20 bits per heavy atom. The molecule has 0 aromatic heterocycles. The predicted octanol–water partition coefficient (Wildman–Crippen LogP) is 3.51. The summed E-state index contributed by atoms with van der Waals surface area (Å²) in [6.07, 6.45) is 2.99. The minimum atomic E-state index is -0.498. The molecule has 6 heteroatoms. The summed E-state index contributed by atoms with van der Waals surface area (Å²) in [4.78, 5) is 25.2. The maximum absolute atomic E-state index is 13.1. The lowest BCUT2D eigenvalue weighted by Gasteiger charge is -2.15. The van der Waals surface area contributed by atoms with Gasteiger partial charge in [-0.05, 0) is 41.5 Å². The third-order valence-electron chi connectivity index (χ3n) is 3.60. The standard InChI is InChI=1S/C19H18ClFN2O2/c1-22-19(25)15-7-3-14(4-8-15)12-23(2)18(24)10-6-13-5-9-17(21)16(20)11-13/h3-11H,12H2,1-2H3,(H,22,25)/b10-6+. The third-order valence-corrected chi connectivity index (χ3v) is 3.89. The molecule has 2 aromatic rings. The number of benzene rings is 2. The van der Waals surface area contributed by atoms with Crippen LogP contribution in [0.5, 0.6) is 0 Å². The van der Waals surface area contributed by atoms with E-state index >= 15 is 0 Å². The van der Waals surface area contributed by atoms with Crippen LogP contribution in [0.2, 0.25) is 5.02 Å². The Bertz CT molecular complexity index is 804. The van der Waals surface area contributed by atoms with Crippen LogP contribution in [0.3, 0.4) is 0 Å². The minimum absolute atomic E-state index is 0.0131. The number of nitrogens with one attached hydrogen (secondary N) is 1. The maximum Gasteiger partial charge on any atom is 0.251 e. The molecule has 0 aliphatic heterocycles. The second-order valence-electron chi connectivity index (χ2n) is 5.48. The average molecular weight is 361 g/mol. The third kappa shape index (κ3) is 5.16. The lowest BCUT2D eigenvalue weighted by Crippen LogP contribution is -2.24. The molecule has 25 heavy (non-hydrogen) atoms. The van der Waals surface area contributed by atoms with Crippen LogP contribution in [-0.4, -0.2) is 30.8 Å². The van der Waals surface area contributed by atoms with Crippen molar-refractivity contribution in [3.8, 4) is 0 Å². The molecule has 0 heterocycles. The first-order valence-electron chi connectivity index (χ1n) is 7.60. The van der Waals surface area contributed by atoms with E-state index in [1.165, 1.54) is 23.1 Å². The zero-order valence-electron chi connectivity index (χ0n) is 13.9. The van der Waals surface area contributed by atoms with Crippen molar-refractivity contribution >= 4 is 29.5 Å². The normalized spacial score (nSPS) is 10.7. The van der Waals surface area contributed by atoms with Crippen molar-refractivity contribution in [2.75, 3.05) is 14.1 Å². The molecule has 4 nitrogen and oxygen atoms in total. The molecule has 0 atom stereocenters. The van der Waals surface area contributed by atoms with E-state index < -0.39 is 5.82 Å². The van der Waals surface area contributed by atoms with E-state index in [2.05, 4.69) is 5.32 Å². The Hall–Kier alpha value is -2.66. The monoisotopic (exact) mass is 360 g/mol. The molecule has 0 saturated heterocycles. The SMILES string of the molecule is CNC(=O)c1ccc(CN(C)C(=O)/C=C/c2ccc(F)c(Cl)c2)cc1. The number of hydrogen-bond donors (Lipinski definition) is 1. The number of amides is 2. The predicted molar refractivity (Wildman–Crippen MR) is 96.8 cm³/mol. The molecule has 0 aliphatic carbocycles. The van der Waals surface area contributed by atoms with E-state index in [9.17, 15) is 14.0 Å². The summed E-state index contributed by atoms with van der Waals surface area (Å²) >= 11 is 5.71. The van der Waals surface area contributed by atoms with E-state index in [4.69, 9.17) is 11.6 Å². The van der Waals surface area contributed by atoms with E-state index in [1.807, 2.05) is 0 Å². The molecule has 0 bridgehead atoms. The fraction of sp³-hybridized carbons (Fsp3) is 0.158. The Kier molecular flexibility index (Phi) is 6.31. The van der Waals surface area contributed by atoms with Gasteiger partial charge in [0.25, 0.3) is 5.91 Å². The molecule has 0 fully saturated rings. The molecule has 0 aliphatic rings. The van der Waals surface area contributed by atoms with Gasteiger partial charge in [0.15, 0.2) is 0 Å². The Balaban J connectivity index is 1.98. The number of carbonyl (C=O) groups excluding carboxylic acids is 2. The molecule has 0 unspecified atom stereocenters. The number of halogens is 2. The lowest BCUT2D eigenvalue weighted by atomic mass is 10.1. The van der Waals surface area contributed by atoms with Crippen LogP contribution in [0.25, 0.3) is 6.08 Å². The molecule has 130 valence electrons. The quantitative estimate of drug-likeness (QED) is 0.829. The molecule has 1 N–H and O–H groups in total. The van der Waals surface area contributed by atoms with E-state index in [0.717, 1.165) is 5.56 Å². The van der Waals surface area contributed by atoms with E-state index in [-0.39, 0.29) is 16.8 Å². The van der Waals surface area contributed by atoms with Crippen LogP contribution in [0.1, 0.15) is 21.5 Å². The Morgan fingerprint density at radius 2 is 1.88 bits per heavy atom. The van der Waals surface area contributed by atoms with Gasteiger partial charge < -0.3 is 10.2 Å². The molecule has 0 saturated carbocycles. The highest BCUT2D eigenvalue weighted by atomic mass is 35.5. The van der Waals surface area contributed by atoms with Crippen LogP contribution in [0, 0.1) is 5.82 Å². The second kappa shape index (κ2) is 8.44. The summed E-state index contributed by atoms with van der Waals surface area (Å²) in [5, 5.41) is 2.57. The molecule has 0 spiro atoms. The van der Waals surface area contributed by atoms with Crippen molar-refractivity contribution in [2.45, 2.75) is 6.54 Å². The Morgan fingerprint density at radius 3 is 2.48 bits per heavy atom.